The number of hydrogen-bond acceptors (Lipinski definition) is 3. The fraction of sp³-hybridized carbons (Fsp3) is 0.241. The number of carbonyl (C=O) groups excluding carboxylic acids is 1. The van der Waals surface area contributed by atoms with Gasteiger partial charge in [-0.25, -0.2) is 4.79 Å². The Morgan fingerprint density at radius 3 is 2.31 bits per heavy atom. The van der Waals surface area contributed by atoms with E-state index in [1.54, 1.807) is 24.3 Å². The number of hydrogen-bond donors (Lipinski definition) is 2. The number of para-hydroxylation sites is 1. The van der Waals surface area contributed by atoms with Crippen molar-refractivity contribution in [1.82, 2.24) is 5.32 Å². The summed E-state index contributed by atoms with van der Waals surface area (Å²) in [7, 11) is 0. The van der Waals surface area contributed by atoms with E-state index in [0.717, 1.165) is 45.9 Å². The molecule has 4 rings (SSSR count). The third-order valence-electron chi connectivity index (χ3n) is 5.60. The predicted molar refractivity (Wildman–Crippen MR) is 143 cm³/mol. The zero-order valence-corrected chi connectivity index (χ0v) is 21.1. The molecule has 3 aromatic carbocycles. The molecule has 0 aromatic heterocycles. The van der Waals surface area contributed by atoms with Crippen molar-refractivity contribution in [3.05, 3.63) is 99.1 Å². The molecule has 35 heavy (non-hydrogen) atoms. The Morgan fingerprint density at radius 2 is 1.69 bits per heavy atom. The second kappa shape index (κ2) is 13.2. The van der Waals surface area contributed by atoms with Gasteiger partial charge in [-0.3, -0.25) is 4.79 Å². The molecule has 0 saturated carbocycles. The standard InChI is InChI=1S/C25H23ClN2O3.C2H6.C2H2/c1-16-5-6-18(13-22(16)26)15-28-12-11-19-3-2-4-21(23(19)28)24(29)27-14-17-7-9-20(10-8-17)25(30)31;2*1-2/h2-10,13H,11-12,14-15H2,1H3,(H,27,29)(H,30,31);1-2H3;1-2H. The van der Waals surface area contributed by atoms with Crippen LogP contribution < -0.4 is 10.2 Å². The Morgan fingerprint density at radius 1 is 1.03 bits per heavy atom. The monoisotopic (exact) mass is 490 g/mol. The molecule has 0 radical (unpaired) electrons. The van der Waals surface area contributed by atoms with E-state index in [4.69, 9.17) is 16.7 Å². The van der Waals surface area contributed by atoms with Crippen molar-refractivity contribution in [2.75, 3.05) is 11.4 Å². The van der Waals surface area contributed by atoms with E-state index in [9.17, 15) is 9.59 Å². The first kappa shape index (κ1) is 27.5. The maximum absolute atomic E-state index is 13.0. The highest BCUT2D eigenvalue weighted by atomic mass is 35.5. The summed E-state index contributed by atoms with van der Waals surface area (Å²) in [6.07, 6.45) is 8.90. The largest absolute Gasteiger partial charge is 0.478 e. The average Bonchev–Trinajstić information content (AvgIpc) is 3.30. The van der Waals surface area contributed by atoms with Crippen molar-refractivity contribution < 1.29 is 14.7 Å². The minimum absolute atomic E-state index is 0.145. The van der Waals surface area contributed by atoms with Gasteiger partial charge in [0.15, 0.2) is 0 Å². The van der Waals surface area contributed by atoms with Crippen molar-refractivity contribution in [2.24, 2.45) is 0 Å². The van der Waals surface area contributed by atoms with E-state index in [2.05, 4.69) is 35.2 Å². The normalized spacial score (nSPS) is 11.3. The summed E-state index contributed by atoms with van der Waals surface area (Å²) in [5.74, 6) is -1.11. The molecule has 1 aliphatic heterocycles. The molecule has 5 nitrogen and oxygen atoms in total. The van der Waals surface area contributed by atoms with E-state index in [0.29, 0.717) is 18.7 Å². The van der Waals surface area contributed by atoms with Gasteiger partial charge in [-0.05, 0) is 59.9 Å². The summed E-state index contributed by atoms with van der Waals surface area (Å²) >= 11 is 6.29. The first-order valence-electron chi connectivity index (χ1n) is 11.5. The first-order chi connectivity index (χ1) is 16.9. The SMILES string of the molecule is C#C.CC.Cc1ccc(CN2CCc3cccc(C(=O)NCc4ccc(C(=O)O)cc4)c32)cc1Cl. The zero-order valence-electron chi connectivity index (χ0n) is 20.3. The van der Waals surface area contributed by atoms with E-state index in [1.807, 2.05) is 45.0 Å². The Labute approximate surface area is 212 Å². The Kier molecular flexibility index (Phi) is 10.4. The van der Waals surface area contributed by atoms with Crippen molar-refractivity contribution in [1.29, 1.82) is 0 Å². The van der Waals surface area contributed by atoms with E-state index >= 15 is 0 Å². The first-order valence-corrected chi connectivity index (χ1v) is 11.9. The second-order valence-electron chi connectivity index (χ2n) is 7.75. The van der Waals surface area contributed by atoms with Crippen LogP contribution in [-0.4, -0.2) is 23.5 Å². The van der Waals surface area contributed by atoms with Crippen molar-refractivity contribution in [3.63, 3.8) is 0 Å². The molecule has 1 aliphatic rings. The number of nitrogens with one attached hydrogen (secondary N) is 1. The minimum Gasteiger partial charge on any atom is -0.478 e. The third kappa shape index (κ3) is 6.88. The van der Waals surface area contributed by atoms with Crippen LogP contribution >= 0.6 is 11.6 Å². The fourth-order valence-corrected chi connectivity index (χ4v) is 4.08. The van der Waals surface area contributed by atoms with Crippen LogP contribution in [0.4, 0.5) is 5.69 Å². The lowest BCUT2D eigenvalue weighted by atomic mass is 10.1. The van der Waals surface area contributed by atoms with Crippen LogP contribution in [0.2, 0.25) is 5.02 Å². The van der Waals surface area contributed by atoms with Gasteiger partial charge in [0.2, 0.25) is 0 Å². The number of carboxylic acids is 1. The van der Waals surface area contributed by atoms with Gasteiger partial charge in [0.05, 0.1) is 16.8 Å². The van der Waals surface area contributed by atoms with E-state index in [-0.39, 0.29) is 11.5 Å². The van der Waals surface area contributed by atoms with Crippen molar-refractivity contribution in [2.45, 2.75) is 40.3 Å². The van der Waals surface area contributed by atoms with Gasteiger partial charge in [-0.2, -0.15) is 0 Å². The van der Waals surface area contributed by atoms with E-state index in [1.165, 1.54) is 0 Å². The van der Waals surface area contributed by atoms with Crippen molar-refractivity contribution in [3.8, 4) is 12.8 Å². The molecule has 182 valence electrons. The summed E-state index contributed by atoms with van der Waals surface area (Å²) in [5, 5.41) is 12.7. The van der Waals surface area contributed by atoms with Gasteiger partial charge in [0.25, 0.3) is 5.91 Å². The Balaban J connectivity index is 0.00000103. The Hall–Kier alpha value is -3.75. The van der Waals surface area contributed by atoms with Crippen LogP contribution in [0.25, 0.3) is 0 Å². The maximum Gasteiger partial charge on any atom is 0.335 e. The number of carboxylic acid groups (broad SMARTS) is 1. The summed E-state index contributed by atoms with van der Waals surface area (Å²) in [4.78, 5) is 26.2. The number of carbonyl (C=O) groups is 2. The lowest BCUT2D eigenvalue weighted by Gasteiger charge is -2.22. The molecule has 1 amide bonds. The van der Waals surface area contributed by atoms with Crippen LogP contribution in [0.1, 0.15) is 56.8 Å². The molecule has 0 fully saturated rings. The lowest BCUT2D eigenvalue weighted by molar-refractivity contribution is 0.0696. The molecular formula is C29H31ClN2O3. The summed E-state index contributed by atoms with van der Waals surface area (Å²) in [6, 6.07) is 18.4. The highest BCUT2D eigenvalue weighted by Crippen LogP contribution is 2.33. The summed E-state index contributed by atoms with van der Waals surface area (Å²) < 4.78 is 0. The van der Waals surface area contributed by atoms with Gasteiger partial charge in [-0.1, -0.05) is 61.8 Å². The molecule has 0 saturated heterocycles. The molecule has 2 N–H and O–H groups in total. The number of amides is 1. The fourth-order valence-electron chi connectivity index (χ4n) is 3.87. The molecule has 0 spiro atoms. The highest BCUT2D eigenvalue weighted by Gasteiger charge is 2.25. The molecule has 0 unspecified atom stereocenters. The lowest BCUT2D eigenvalue weighted by Crippen LogP contribution is -2.27. The topological polar surface area (TPSA) is 69.6 Å². The van der Waals surface area contributed by atoms with E-state index < -0.39 is 5.97 Å². The number of rotatable bonds is 6. The number of benzene rings is 3. The molecule has 0 atom stereocenters. The molecule has 3 aromatic rings. The van der Waals surface area contributed by atoms with Gasteiger partial charge in [0.1, 0.15) is 0 Å². The highest BCUT2D eigenvalue weighted by molar-refractivity contribution is 6.31. The quantitative estimate of drug-likeness (QED) is 0.409. The molecule has 0 aliphatic carbocycles. The predicted octanol–water partition coefficient (Wildman–Crippen LogP) is 6.11. The number of aromatic carboxylic acids is 1. The zero-order chi connectivity index (χ0) is 26.0. The number of nitrogens with zero attached hydrogens (tertiary/aromatic N) is 1. The molecular weight excluding hydrogens is 460 g/mol. The summed E-state index contributed by atoms with van der Waals surface area (Å²) in [6.45, 7) is 7.85. The average molecular weight is 491 g/mol. The van der Waals surface area contributed by atoms with Gasteiger partial charge < -0.3 is 15.3 Å². The van der Waals surface area contributed by atoms with Crippen LogP contribution in [0, 0.1) is 19.8 Å². The third-order valence-corrected chi connectivity index (χ3v) is 6.00. The van der Waals surface area contributed by atoms with Crippen LogP contribution in [0.15, 0.2) is 60.7 Å². The molecule has 1 heterocycles. The number of halogens is 1. The smallest absolute Gasteiger partial charge is 0.335 e. The number of fused-ring (bicyclic) bond motifs is 1. The van der Waals surface area contributed by atoms with Crippen LogP contribution in [0.3, 0.4) is 0 Å². The number of terminal acetylenes is 1. The molecule has 0 bridgehead atoms. The van der Waals surface area contributed by atoms with Crippen LogP contribution in [0.5, 0.6) is 0 Å². The van der Waals surface area contributed by atoms with Crippen molar-refractivity contribution >= 4 is 29.2 Å². The number of aryl methyl sites for hydroxylation is 1. The van der Waals surface area contributed by atoms with Gasteiger partial charge in [0, 0.05) is 24.7 Å². The number of anilines is 1. The maximum atomic E-state index is 13.0. The summed E-state index contributed by atoms with van der Waals surface area (Å²) in [5.41, 5.74) is 6.01. The minimum atomic E-state index is -0.967. The molecule has 6 heteroatoms. The van der Waals surface area contributed by atoms with Gasteiger partial charge in [-0.15, -0.1) is 12.8 Å². The second-order valence-corrected chi connectivity index (χ2v) is 8.16. The van der Waals surface area contributed by atoms with Crippen LogP contribution in [-0.2, 0) is 19.5 Å². The van der Waals surface area contributed by atoms with Gasteiger partial charge >= 0.3 is 5.97 Å². The Bertz CT molecular complexity index is 1190.